The van der Waals surface area contributed by atoms with E-state index in [1.165, 1.54) is 31.2 Å². The van der Waals surface area contributed by atoms with Crippen LogP contribution in [-0.2, 0) is 13.0 Å². The molecule has 0 radical (unpaired) electrons. The summed E-state index contributed by atoms with van der Waals surface area (Å²) in [5.41, 5.74) is 8.03. The lowest BCUT2D eigenvalue weighted by molar-refractivity contribution is 0.179. The van der Waals surface area contributed by atoms with Crippen molar-refractivity contribution in [2.24, 2.45) is 0 Å². The Balaban J connectivity index is 1.78. The Hall–Kier alpha value is -1.16. The van der Waals surface area contributed by atoms with Crippen molar-refractivity contribution in [1.82, 2.24) is 14.9 Å². The summed E-state index contributed by atoms with van der Waals surface area (Å²) >= 11 is 0. The van der Waals surface area contributed by atoms with Crippen molar-refractivity contribution in [3.63, 3.8) is 0 Å². The highest BCUT2D eigenvalue weighted by Gasteiger charge is 2.26. The van der Waals surface area contributed by atoms with E-state index in [1.54, 1.807) is 0 Å². The van der Waals surface area contributed by atoms with Crippen LogP contribution in [0.4, 0.5) is 5.95 Å². The van der Waals surface area contributed by atoms with Crippen molar-refractivity contribution in [1.29, 1.82) is 0 Å². The number of rotatable bonds is 1. The van der Waals surface area contributed by atoms with Crippen LogP contribution in [0, 0.1) is 0 Å². The SMILES string of the molecule is Nc1ncc2c(n1)CCN(C1CCCC1)C2. The third kappa shape index (κ3) is 1.78. The number of fused-ring (bicyclic) bond motifs is 1. The van der Waals surface area contributed by atoms with Crippen LogP contribution in [0.15, 0.2) is 6.20 Å². The van der Waals surface area contributed by atoms with E-state index in [-0.39, 0.29) is 0 Å². The topological polar surface area (TPSA) is 55.0 Å². The number of nitrogens with two attached hydrogens (primary N) is 1. The van der Waals surface area contributed by atoms with E-state index in [4.69, 9.17) is 5.73 Å². The summed E-state index contributed by atoms with van der Waals surface area (Å²) in [4.78, 5) is 11.0. The summed E-state index contributed by atoms with van der Waals surface area (Å²) in [6.07, 6.45) is 8.45. The zero-order chi connectivity index (χ0) is 11.0. The fraction of sp³-hybridized carbons (Fsp3) is 0.667. The summed E-state index contributed by atoms with van der Waals surface area (Å²) in [5.74, 6) is 0.410. The summed E-state index contributed by atoms with van der Waals surface area (Å²) in [6, 6.07) is 0.797. The zero-order valence-corrected chi connectivity index (χ0v) is 9.52. The molecule has 0 saturated heterocycles. The van der Waals surface area contributed by atoms with Crippen molar-refractivity contribution in [2.75, 3.05) is 12.3 Å². The maximum absolute atomic E-state index is 5.60. The van der Waals surface area contributed by atoms with Gasteiger partial charge in [0.2, 0.25) is 5.95 Å². The van der Waals surface area contributed by atoms with E-state index in [0.29, 0.717) is 5.95 Å². The molecule has 1 aliphatic carbocycles. The summed E-state index contributed by atoms with van der Waals surface area (Å²) in [7, 11) is 0. The average molecular weight is 218 g/mol. The lowest BCUT2D eigenvalue weighted by atomic mass is 10.0. The van der Waals surface area contributed by atoms with Crippen molar-refractivity contribution in [3.8, 4) is 0 Å². The fourth-order valence-electron chi connectivity index (χ4n) is 2.93. The minimum Gasteiger partial charge on any atom is -0.368 e. The quantitative estimate of drug-likeness (QED) is 0.773. The van der Waals surface area contributed by atoms with Gasteiger partial charge >= 0.3 is 0 Å². The van der Waals surface area contributed by atoms with E-state index in [1.807, 2.05) is 6.20 Å². The fourth-order valence-corrected chi connectivity index (χ4v) is 2.93. The average Bonchev–Trinajstić information content (AvgIpc) is 2.82. The highest BCUT2D eigenvalue weighted by atomic mass is 15.2. The van der Waals surface area contributed by atoms with Gasteiger partial charge in [-0.1, -0.05) is 12.8 Å². The molecule has 0 amide bonds. The Kier molecular flexibility index (Phi) is 2.52. The number of nitrogen functional groups attached to an aromatic ring is 1. The van der Waals surface area contributed by atoms with Crippen LogP contribution in [-0.4, -0.2) is 27.5 Å². The lowest BCUT2D eigenvalue weighted by Gasteiger charge is -2.32. The van der Waals surface area contributed by atoms with E-state index in [2.05, 4.69) is 14.9 Å². The van der Waals surface area contributed by atoms with Crippen molar-refractivity contribution in [2.45, 2.75) is 44.7 Å². The molecule has 0 aromatic carbocycles. The van der Waals surface area contributed by atoms with Gasteiger partial charge in [-0.05, 0) is 12.8 Å². The Morgan fingerprint density at radius 2 is 2.12 bits per heavy atom. The van der Waals surface area contributed by atoms with Crippen LogP contribution in [0.1, 0.15) is 36.9 Å². The molecule has 2 aliphatic rings. The van der Waals surface area contributed by atoms with Gasteiger partial charge in [-0.15, -0.1) is 0 Å². The van der Waals surface area contributed by atoms with Crippen LogP contribution < -0.4 is 5.73 Å². The molecule has 0 unspecified atom stereocenters. The van der Waals surface area contributed by atoms with Crippen LogP contribution in [0.5, 0.6) is 0 Å². The lowest BCUT2D eigenvalue weighted by Crippen LogP contribution is -2.38. The third-order valence-electron chi connectivity index (χ3n) is 3.82. The van der Waals surface area contributed by atoms with Gasteiger partial charge in [0.25, 0.3) is 0 Å². The molecular weight excluding hydrogens is 200 g/mol. The van der Waals surface area contributed by atoms with Crippen molar-refractivity contribution >= 4 is 5.95 Å². The van der Waals surface area contributed by atoms with Crippen LogP contribution >= 0.6 is 0 Å². The van der Waals surface area contributed by atoms with Gasteiger partial charge < -0.3 is 5.73 Å². The Morgan fingerprint density at radius 1 is 1.31 bits per heavy atom. The first-order chi connectivity index (χ1) is 7.83. The number of hydrogen-bond donors (Lipinski definition) is 1. The predicted molar refractivity (Wildman–Crippen MR) is 62.8 cm³/mol. The molecule has 2 heterocycles. The number of nitrogens with zero attached hydrogens (tertiary/aromatic N) is 3. The largest absolute Gasteiger partial charge is 0.368 e. The molecule has 1 aromatic rings. The second-order valence-corrected chi connectivity index (χ2v) is 4.86. The Bertz CT molecular complexity index is 385. The first-order valence-corrected chi connectivity index (χ1v) is 6.17. The highest BCUT2D eigenvalue weighted by Crippen LogP contribution is 2.27. The molecule has 1 saturated carbocycles. The maximum atomic E-state index is 5.60. The molecule has 16 heavy (non-hydrogen) atoms. The molecule has 2 N–H and O–H groups in total. The van der Waals surface area contributed by atoms with Gasteiger partial charge in [0.15, 0.2) is 0 Å². The molecule has 4 nitrogen and oxygen atoms in total. The molecule has 1 aromatic heterocycles. The van der Waals surface area contributed by atoms with Crippen molar-refractivity contribution < 1.29 is 0 Å². The van der Waals surface area contributed by atoms with Gasteiger partial charge in [-0.25, -0.2) is 9.97 Å². The molecule has 1 fully saturated rings. The van der Waals surface area contributed by atoms with Gasteiger partial charge in [0.05, 0.1) is 5.69 Å². The molecular formula is C12H18N4. The normalized spacial score (nSPS) is 22.2. The Morgan fingerprint density at radius 3 is 2.94 bits per heavy atom. The minimum absolute atomic E-state index is 0.410. The van der Waals surface area contributed by atoms with Crippen LogP contribution in [0.25, 0.3) is 0 Å². The summed E-state index contributed by atoms with van der Waals surface area (Å²) < 4.78 is 0. The van der Waals surface area contributed by atoms with E-state index >= 15 is 0 Å². The molecule has 3 rings (SSSR count). The van der Waals surface area contributed by atoms with E-state index in [9.17, 15) is 0 Å². The summed E-state index contributed by atoms with van der Waals surface area (Å²) in [5, 5.41) is 0. The maximum Gasteiger partial charge on any atom is 0.220 e. The number of anilines is 1. The smallest absolute Gasteiger partial charge is 0.220 e. The highest BCUT2D eigenvalue weighted by molar-refractivity contribution is 5.27. The van der Waals surface area contributed by atoms with Crippen LogP contribution in [0.3, 0.4) is 0 Å². The van der Waals surface area contributed by atoms with E-state index in [0.717, 1.165) is 31.2 Å². The summed E-state index contributed by atoms with van der Waals surface area (Å²) in [6.45, 7) is 2.15. The predicted octanol–water partition coefficient (Wildman–Crippen LogP) is 1.36. The Labute approximate surface area is 95.9 Å². The third-order valence-corrected chi connectivity index (χ3v) is 3.82. The van der Waals surface area contributed by atoms with Crippen molar-refractivity contribution in [3.05, 3.63) is 17.5 Å². The molecule has 86 valence electrons. The molecule has 0 atom stereocenters. The van der Waals surface area contributed by atoms with E-state index < -0.39 is 0 Å². The molecule has 4 heteroatoms. The second-order valence-electron chi connectivity index (χ2n) is 4.86. The van der Waals surface area contributed by atoms with Crippen LogP contribution in [0.2, 0.25) is 0 Å². The number of hydrogen-bond acceptors (Lipinski definition) is 4. The standard InChI is InChI=1S/C12H18N4/c13-12-14-7-9-8-16(6-5-11(9)15-12)10-3-1-2-4-10/h7,10H,1-6,8H2,(H2,13,14,15). The van der Waals surface area contributed by atoms with Gasteiger partial charge in [0.1, 0.15) is 0 Å². The van der Waals surface area contributed by atoms with Gasteiger partial charge in [-0.2, -0.15) is 0 Å². The molecule has 0 spiro atoms. The zero-order valence-electron chi connectivity index (χ0n) is 9.52. The minimum atomic E-state index is 0.410. The van der Waals surface area contributed by atoms with Gasteiger partial charge in [-0.3, -0.25) is 4.90 Å². The molecule has 1 aliphatic heterocycles. The first-order valence-electron chi connectivity index (χ1n) is 6.17. The first kappa shape index (κ1) is 10.0. The number of aromatic nitrogens is 2. The molecule has 0 bridgehead atoms. The monoisotopic (exact) mass is 218 g/mol. The van der Waals surface area contributed by atoms with Gasteiger partial charge in [0, 0.05) is 37.3 Å². The second kappa shape index (κ2) is 4.01.